The molecule has 5 nitrogen and oxygen atoms in total. The molecule has 0 saturated carbocycles. The second-order valence-corrected chi connectivity index (χ2v) is 5.91. The van der Waals surface area contributed by atoms with Crippen LogP contribution in [0.4, 0.5) is 0 Å². The van der Waals surface area contributed by atoms with E-state index in [1.807, 2.05) is 12.1 Å². The molecule has 0 aliphatic heterocycles. The Morgan fingerprint density at radius 3 is 2.30 bits per heavy atom. The molecule has 0 saturated heterocycles. The molecule has 1 aromatic rings. The molecule has 0 radical (unpaired) electrons. The van der Waals surface area contributed by atoms with Crippen molar-refractivity contribution in [3.63, 3.8) is 0 Å². The van der Waals surface area contributed by atoms with Crippen LogP contribution in [0.2, 0.25) is 0 Å². The molecule has 0 heterocycles. The number of nitroso groups, excluding NO2 is 1. The van der Waals surface area contributed by atoms with E-state index in [0.29, 0.717) is 19.5 Å². The predicted molar refractivity (Wildman–Crippen MR) is 78.2 cm³/mol. The Hall–Kier alpha value is -1.91. The summed E-state index contributed by atoms with van der Waals surface area (Å²) in [6.07, 6.45) is 0.468. The molecule has 110 valence electrons. The first-order chi connectivity index (χ1) is 9.32. The van der Waals surface area contributed by atoms with Crippen LogP contribution in [0.5, 0.6) is 0 Å². The number of hydrogen-bond donors (Lipinski definition) is 1. The van der Waals surface area contributed by atoms with Gasteiger partial charge in [0.2, 0.25) is 0 Å². The van der Waals surface area contributed by atoms with Crippen LogP contribution >= 0.6 is 0 Å². The van der Waals surface area contributed by atoms with Crippen molar-refractivity contribution in [2.24, 2.45) is 5.29 Å². The number of nitrogens with zero attached hydrogens (tertiary/aromatic N) is 2. The largest absolute Gasteiger partial charge is 0.481 e. The van der Waals surface area contributed by atoms with Crippen LogP contribution in [0.15, 0.2) is 29.6 Å². The van der Waals surface area contributed by atoms with Gasteiger partial charge in [0.1, 0.15) is 0 Å². The lowest BCUT2D eigenvalue weighted by atomic mass is 9.87. The summed E-state index contributed by atoms with van der Waals surface area (Å²) >= 11 is 0. The Labute approximate surface area is 119 Å². The minimum absolute atomic E-state index is 0.0506. The molecule has 20 heavy (non-hydrogen) atoms. The van der Waals surface area contributed by atoms with E-state index in [1.54, 1.807) is 0 Å². The average Bonchev–Trinajstić information content (AvgIpc) is 2.36. The van der Waals surface area contributed by atoms with Crippen LogP contribution in [-0.2, 0) is 16.8 Å². The van der Waals surface area contributed by atoms with Gasteiger partial charge in [-0.2, -0.15) is 0 Å². The highest BCUT2D eigenvalue weighted by Gasteiger charge is 2.13. The molecular formula is C15H22N2O3. The molecule has 5 heteroatoms. The Kier molecular flexibility index (Phi) is 5.67. The number of aliphatic carboxylic acids is 1. The van der Waals surface area contributed by atoms with Gasteiger partial charge in [0, 0.05) is 13.0 Å². The molecular weight excluding hydrogens is 256 g/mol. The molecule has 0 aromatic heterocycles. The molecule has 0 aliphatic carbocycles. The minimum atomic E-state index is -0.856. The first-order valence-electron chi connectivity index (χ1n) is 6.72. The molecule has 0 aliphatic rings. The molecule has 1 aromatic carbocycles. The minimum Gasteiger partial charge on any atom is -0.481 e. The quantitative estimate of drug-likeness (QED) is 0.613. The van der Waals surface area contributed by atoms with Crippen LogP contribution in [0.25, 0.3) is 0 Å². The first-order valence-corrected chi connectivity index (χ1v) is 6.72. The smallest absolute Gasteiger partial charge is 0.303 e. The number of carbonyl (C=O) groups is 1. The monoisotopic (exact) mass is 278 g/mol. The van der Waals surface area contributed by atoms with Crippen molar-refractivity contribution >= 4 is 5.97 Å². The van der Waals surface area contributed by atoms with Gasteiger partial charge in [-0.05, 0) is 23.0 Å². The molecule has 0 fully saturated rings. The van der Waals surface area contributed by atoms with E-state index in [4.69, 9.17) is 5.11 Å². The Morgan fingerprint density at radius 2 is 1.85 bits per heavy atom. The SMILES string of the molecule is CC(C)(C)c1ccc(CN(CCCC(=O)O)N=O)cc1. The molecule has 0 unspecified atom stereocenters. The van der Waals surface area contributed by atoms with Crippen molar-refractivity contribution in [3.05, 3.63) is 40.3 Å². The molecule has 0 atom stereocenters. The summed E-state index contributed by atoms with van der Waals surface area (Å²) in [7, 11) is 0. The third-order valence-electron chi connectivity index (χ3n) is 3.11. The van der Waals surface area contributed by atoms with E-state index in [1.165, 1.54) is 10.6 Å². The van der Waals surface area contributed by atoms with Crippen LogP contribution in [0, 0.1) is 4.91 Å². The Morgan fingerprint density at radius 1 is 1.25 bits per heavy atom. The van der Waals surface area contributed by atoms with Crippen LogP contribution in [0.1, 0.15) is 44.7 Å². The number of benzene rings is 1. The summed E-state index contributed by atoms with van der Waals surface area (Å²) in [5, 5.41) is 12.9. The summed E-state index contributed by atoms with van der Waals surface area (Å²) in [5.74, 6) is -0.856. The van der Waals surface area contributed by atoms with E-state index in [0.717, 1.165) is 5.56 Å². The number of rotatable bonds is 7. The summed E-state index contributed by atoms with van der Waals surface area (Å²) in [5.41, 5.74) is 2.33. The average molecular weight is 278 g/mol. The van der Waals surface area contributed by atoms with Gasteiger partial charge in [0.05, 0.1) is 11.8 Å². The van der Waals surface area contributed by atoms with Gasteiger partial charge in [-0.3, -0.25) is 9.80 Å². The summed E-state index contributed by atoms with van der Waals surface area (Å²) in [6, 6.07) is 8.07. The fourth-order valence-electron chi connectivity index (χ4n) is 1.88. The fourth-order valence-corrected chi connectivity index (χ4v) is 1.88. The van der Waals surface area contributed by atoms with Gasteiger partial charge in [-0.15, -0.1) is 4.91 Å². The topological polar surface area (TPSA) is 70.0 Å². The normalized spacial score (nSPS) is 11.2. The van der Waals surface area contributed by atoms with Crippen LogP contribution in [-0.4, -0.2) is 22.6 Å². The highest BCUT2D eigenvalue weighted by Crippen LogP contribution is 2.22. The zero-order chi connectivity index (χ0) is 15.2. The molecule has 0 amide bonds. The molecule has 0 bridgehead atoms. The van der Waals surface area contributed by atoms with Gasteiger partial charge in [0.25, 0.3) is 0 Å². The van der Waals surface area contributed by atoms with E-state index >= 15 is 0 Å². The third-order valence-corrected chi connectivity index (χ3v) is 3.11. The molecule has 1 N–H and O–H groups in total. The van der Waals surface area contributed by atoms with E-state index in [-0.39, 0.29) is 11.8 Å². The van der Waals surface area contributed by atoms with Crippen molar-refractivity contribution in [2.75, 3.05) is 6.54 Å². The van der Waals surface area contributed by atoms with E-state index in [9.17, 15) is 9.70 Å². The van der Waals surface area contributed by atoms with Crippen LogP contribution in [0.3, 0.4) is 0 Å². The van der Waals surface area contributed by atoms with Crippen molar-refractivity contribution in [1.29, 1.82) is 0 Å². The lowest BCUT2D eigenvalue weighted by molar-refractivity contribution is -0.137. The maximum atomic E-state index is 10.7. The fraction of sp³-hybridized carbons (Fsp3) is 0.533. The maximum absolute atomic E-state index is 10.7. The predicted octanol–water partition coefficient (Wildman–Crippen LogP) is 3.33. The molecule has 0 spiro atoms. The van der Waals surface area contributed by atoms with Gasteiger partial charge in [-0.1, -0.05) is 45.0 Å². The van der Waals surface area contributed by atoms with Gasteiger partial charge < -0.3 is 5.11 Å². The van der Waals surface area contributed by atoms with Crippen LogP contribution < -0.4 is 0 Å². The highest BCUT2D eigenvalue weighted by molar-refractivity contribution is 5.66. The van der Waals surface area contributed by atoms with E-state index < -0.39 is 5.97 Å². The van der Waals surface area contributed by atoms with Crippen molar-refractivity contribution in [1.82, 2.24) is 5.01 Å². The number of hydrogen-bond acceptors (Lipinski definition) is 3. The zero-order valence-electron chi connectivity index (χ0n) is 12.3. The standard InChI is InChI=1S/C15H22N2O3/c1-15(2,3)13-8-6-12(7-9-13)11-17(16-20)10-4-5-14(18)19/h6-9H,4-5,10-11H2,1-3H3,(H,18,19). The van der Waals surface area contributed by atoms with Crippen molar-refractivity contribution < 1.29 is 9.90 Å². The Balaban J connectivity index is 2.57. The van der Waals surface area contributed by atoms with Crippen molar-refractivity contribution in [3.8, 4) is 0 Å². The lowest BCUT2D eigenvalue weighted by Gasteiger charge is -2.20. The number of carboxylic acids is 1. The van der Waals surface area contributed by atoms with Gasteiger partial charge >= 0.3 is 5.97 Å². The summed E-state index contributed by atoms with van der Waals surface area (Å²) in [6.45, 7) is 7.21. The highest BCUT2D eigenvalue weighted by atomic mass is 16.4. The number of carboxylic acid groups (broad SMARTS) is 1. The second kappa shape index (κ2) is 7.03. The second-order valence-electron chi connectivity index (χ2n) is 5.91. The third kappa shape index (κ3) is 5.38. The maximum Gasteiger partial charge on any atom is 0.303 e. The first kappa shape index (κ1) is 16.1. The summed E-state index contributed by atoms with van der Waals surface area (Å²) in [4.78, 5) is 21.2. The lowest BCUT2D eigenvalue weighted by Crippen LogP contribution is -2.18. The van der Waals surface area contributed by atoms with Gasteiger partial charge in [0.15, 0.2) is 0 Å². The van der Waals surface area contributed by atoms with Gasteiger partial charge in [-0.25, -0.2) is 0 Å². The van der Waals surface area contributed by atoms with Crippen molar-refractivity contribution in [2.45, 2.75) is 45.6 Å². The molecule has 1 rings (SSSR count). The zero-order valence-corrected chi connectivity index (χ0v) is 12.3. The summed E-state index contributed by atoms with van der Waals surface area (Å²) < 4.78 is 0. The Bertz CT molecular complexity index is 449. The van der Waals surface area contributed by atoms with E-state index in [2.05, 4.69) is 38.2 Å².